The summed E-state index contributed by atoms with van der Waals surface area (Å²) in [4.78, 5) is 24.5. The Morgan fingerprint density at radius 1 is 1.37 bits per heavy atom. The maximum absolute atomic E-state index is 12.2. The summed E-state index contributed by atoms with van der Waals surface area (Å²) in [6.07, 6.45) is -1.09. The first kappa shape index (κ1) is 15.8. The van der Waals surface area contributed by atoms with Gasteiger partial charge in [-0.15, -0.1) is 0 Å². The number of nitrogens with zero attached hydrogens (tertiary/aromatic N) is 1. The third-order valence-electron chi connectivity index (χ3n) is 2.85. The summed E-state index contributed by atoms with van der Waals surface area (Å²) >= 11 is 0. The van der Waals surface area contributed by atoms with Gasteiger partial charge < -0.3 is 14.6 Å². The molecule has 0 spiro atoms. The van der Waals surface area contributed by atoms with E-state index in [1.807, 2.05) is 6.92 Å². The number of amides is 1. The molecular weight excluding hydrogens is 250 g/mol. The van der Waals surface area contributed by atoms with E-state index in [2.05, 4.69) is 0 Å². The first-order chi connectivity index (χ1) is 8.60. The lowest BCUT2D eigenvalue weighted by Crippen LogP contribution is -2.57. The minimum atomic E-state index is -0.955. The maximum Gasteiger partial charge on any atom is 0.410 e. The van der Waals surface area contributed by atoms with Crippen molar-refractivity contribution in [3.05, 3.63) is 0 Å². The molecule has 0 radical (unpaired) electrons. The van der Waals surface area contributed by atoms with Gasteiger partial charge in [-0.3, -0.25) is 9.69 Å². The van der Waals surface area contributed by atoms with E-state index >= 15 is 0 Å². The van der Waals surface area contributed by atoms with E-state index in [9.17, 15) is 9.59 Å². The molecule has 19 heavy (non-hydrogen) atoms. The lowest BCUT2D eigenvalue weighted by atomic mass is 10.0. The second-order valence-electron chi connectivity index (χ2n) is 5.95. The van der Waals surface area contributed by atoms with Crippen LogP contribution in [-0.4, -0.2) is 52.5 Å². The number of aliphatic carboxylic acids is 1. The zero-order valence-corrected chi connectivity index (χ0v) is 12.2. The Morgan fingerprint density at radius 3 is 2.42 bits per heavy atom. The van der Waals surface area contributed by atoms with E-state index in [-0.39, 0.29) is 18.6 Å². The molecule has 1 fully saturated rings. The first-order valence-corrected chi connectivity index (χ1v) is 6.47. The monoisotopic (exact) mass is 273 g/mol. The number of carboxylic acids is 1. The van der Waals surface area contributed by atoms with Gasteiger partial charge in [0.2, 0.25) is 0 Å². The van der Waals surface area contributed by atoms with Gasteiger partial charge >= 0.3 is 12.1 Å². The van der Waals surface area contributed by atoms with Crippen molar-refractivity contribution in [2.75, 3.05) is 6.54 Å². The van der Waals surface area contributed by atoms with Gasteiger partial charge in [-0.1, -0.05) is 0 Å². The van der Waals surface area contributed by atoms with Crippen molar-refractivity contribution in [3.63, 3.8) is 0 Å². The van der Waals surface area contributed by atoms with E-state index in [0.29, 0.717) is 6.54 Å². The van der Waals surface area contributed by atoms with Gasteiger partial charge in [0.15, 0.2) is 0 Å². The molecule has 0 bridgehead atoms. The molecule has 6 nitrogen and oxygen atoms in total. The van der Waals surface area contributed by atoms with Gasteiger partial charge in [-0.2, -0.15) is 0 Å². The van der Waals surface area contributed by atoms with Crippen molar-refractivity contribution >= 4 is 12.1 Å². The van der Waals surface area contributed by atoms with Crippen LogP contribution in [0.4, 0.5) is 4.79 Å². The summed E-state index contributed by atoms with van der Waals surface area (Å²) in [6, 6.07) is -0.497. The van der Waals surface area contributed by atoms with Crippen LogP contribution in [0.25, 0.3) is 0 Å². The molecule has 1 saturated heterocycles. The van der Waals surface area contributed by atoms with Gasteiger partial charge in [0.05, 0.1) is 31.2 Å². The summed E-state index contributed by atoms with van der Waals surface area (Å²) in [6.45, 7) is 9.32. The smallest absolute Gasteiger partial charge is 0.410 e. The normalized spacial score (nSPS) is 28.1. The zero-order valence-electron chi connectivity index (χ0n) is 12.2. The van der Waals surface area contributed by atoms with Crippen molar-refractivity contribution < 1.29 is 24.2 Å². The topological polar surface area (TPSA) is 76.1 Å². The molecule has 0 aromatic carbocycles. The predicted molar refractivity (Wildman–Crippen MR) is 69.0 cm³/mol. The molecule has 1 amide bonds. The van der Waals surface area contributed by atoms with Gasteiger partial charge in [-0.05, 0) is 34.6 Å². The Labute approximate surface area is 113 Å². The molecule has 110 valence electrons. The summed E-state index contributed by atoms with van der Waals surface area (Å²) in [5.41, 5.74) is -0.602. The molecule has 3 unspecified atom stereocenters. The predicted octanol–water partition coefficient (Wildman–Crippen LogP) is 1.87. The number of morpholine rings is 1. The molecule has 1 rings (SSSR count). The van der Waals surface area contributed by atoms with Crippen LogP contribution < -0.4 is 0 Å². The Hall–Kier alpha value is -1.30. The van der Waals surface area contributed by atoms with Gasteiger partial charge in [-0.25, -0.2) is 4.79 Å². The first-order valence-electron chi connectivity index (χ1n) is 6.47. The Morgan fingerprint density at radius 2 is 1.95 bits per heavy atom. The summed E-state index contributed by atoms with van der Waals surface area (Å²) in [7, 11) is 0. The zero-order chi connectivity index (χ0) is 14.8. The van der Waals surface area contributed by atoms with Crippen LogP contribution in [0.1, 0.15) is 41.0 Å². The third kappa shape index (κ3) is 4.70. The van der Waals surface area contributed by atoms with Crippen molar-refractivity contribution in [1.29, 1.82) is 0 Å². The van der Waals surface area contributed by atoms with Gasteiger partial charge in [0.1, 0.15) is 5.60 Å². The van der Waals surface area contributed by atoms with Crippen LogP contribution in [0.15, 0.2) is 0 Å². The van der Waals surface area contributed by atoms with Crippen molar-refractivity contribution in [2.45, 2.75) is 64.9 Å². The largest absolute Gasteiger partial charge is 0.481 e. The lowest BCUT2D eigenvalue weighted by Gasteiger charge is -2.42. The molecule has 0 aliphatic carbocycles. The summed E-state index contributed by atoms with van der Waals surface area (Å²) < 4.78 is 10.9. The van der Waals surface area contributed by atoms with E-state index in [4.69, 9.17) is 14.6 Å². The second kappa shape index (κ2) is 5.77. The van der Waals surface area contributed by atoms with Crippen LogP contribution in [0, 0.1) is 0 Å². The summed E-state index contributed by atoms with van der Waals surface area (Å²) in [5, 5.41) is 8.95. The number of hydrogen-bond acceptors (Lipinski definition) is 4. The number of carbonyl (C=O) groups excluding carboxylic acids is 1. The average molecular weight is 273 g/mol. The molecule has 1 aliphatic rings. The van der Waals surface area contributed by atoms with E-state index in [0.717, 1.165) is 0 Å². The molecule has 0 saturated carbocycles. The SMILES string of the molecule is CC1CN(C(=O)OC(C)(C)C)C(CC(=O)O)C(C)O1. The van der Waals surface area contributed by atoms with Crippen LogP contribution in [0.5, 0.6) is 0 Å². The minimum absolute atomic E-state index is 0.132. The second-order valence-corrected chi connectivity index (χ2v) is 5.95. The average Bonchev–Trinajstić information content (AvgIpc) is 2.18. The maximum atomic E-state index is 12.2. The van der Waals surface area contributed by atoms with E-state index in [1.54, 1.807) is 27.7 Å². The molecule has 3 atom stereocenters. The van der Waals surface area contributed by atoms with Gasteiger partial charge in [0, 0.05) is 0 Å². The number of ether oxygens (including phenoxy) is 2. The fourth-order valence-corrected chi connectivity index (χ4v) is 2.15. The molecular formula is C13H23NO5. The third-order valence-corrected chi connectivity index (χ3v) is 2.85. The lowest BCUT2D eigenvalue weighted by molar-refractivity contribution is -0.145. The molecule has 0 aromatic rings. The fraction of sp³-hybridized carbons (Fsp3) is 0.846. The quantitative estimate of drug-likeness (QED) is 0.831. The highest BCUT2D eigenvalue weighted by Crippen LogP contribution is 2.23. The summed E-state index contributed by atoms with van der Waals surface area (Å²) in [5.74, 6) is -0.955. The Kier molecular flexibility index (Phi) is 4.79. The van der Waals surface area contributed by atoms with Crippen molar-refractivity contribution in [3.8, 4) is 0 Å². The van der Waals surface area contributed by atoms with Crippen molar-refractivity contribution in [1.82, 2.24) is 4.90 Å². The van der Waals surface area contributed by atoms with Gasteiger partial charge in [0.25, 0.3) is 0 Å². The molecule has 0 aromatic heterocycles. The van der Waals surface area contributed by atoms with E-state index < -0.39 is 23.7 Å². The molecule has 1 aliphatic heterocycles. The molecule has 6 heteroatoms. The van der Waals surface area contributed by atoms with Crippen LogP contribution >= 0.6 is 0 Å². The van der Waals surface area contributed by atoms with E-state index in [1.165, 1.54) is 4.90 Å². The van der Waals surface area contributed by atoms with Crippen LogP contribution in [0.3, 0.4) is 0 Å². The van der Waals surface area contributed by atoms with Crippen LogP contribution in [0.2, 0.25) is 0 Å². The fourth-order valence-electron chi connectivity index (χ4n) is 2.15. The molecule has 1 heterocycles. The highest BCUT2D eigenvalue weighted by molar-refractivity contribution is 5.72. The molecule has 1 N–H and O–H groups in total. The minimum Gasteiger partial charge on any atom is -0.481 e. The number of rotatable bonds is 2. The Balaban J connectivity index is 2.84. The van der Waals surface area contributed by atoms with Crippen LogP contribution in [-0.2, 0) is 14.3 Å². The highest BCUT2D eigenvalue weighted by Gasteiger charge is 2.38. The van der Waals surface area contributed by atoms with Crippen molar-refractivity contribution in [2.24, 2.45) is 0 Å². The number of carboxylic acid groups (broad SMARTS) is 1. The standard InChI is InChI=1S/C13H23NO5/c1-8-7-14(12(17)19-13(3,4)5)10(6-11(15)16)9(2)18-8/h8-10H,6-7H2,1-5H3,(H,15,16). The number of hydrogen-bond donors (Lipinski definition) is 1. The Bertz CT molecular complexity index is 349. The highest BCUT2D eigenvalue weighted by atomic mass is 16.6. The number of carbonyl (C=O) groups is 2.